The van der Waals surface area contributed by atoms with Crippen molar-refractivity contribution < 1.29 is 12.8 Å². The molecule has 0 saturated carbocycles. The van der Waals surface area contributed by atoms with Gasteiger partial charge in [0.05, 0.1) is 16.7 Å². The molecule has 0 aliphatic rings. The quantitative estimate of drug-likeness (QED) is 0.743. The molecule has 0 aromatic heterocycles. The van der Waals surface area contributed by atoms with Gasteiger partial charge in [0.1, 0.15) is 10.7 Å². The van der Waals surface area contributed by atoms with Gasteiger partial charge in [0, 0.05) is 6.26 Å². The van der Waals surface area contributed by atoms with E-state index in [4.69, 9.17) is 16.9 Å². The zero-order valence-electron chi connectivity index (χ0n) is 7.08. The van der Waals surface area contributed by atoms with Gasteiger partial charge in [-0.15, -0.1) is 0 Å². The van der Waals surface area contributed by atoms with Crippen LogP contribution in [0.5, 0.6) is 0 Å². The van der Waals surface area contributed by atoms with Gasteiger partial charge in [0.2, 0.25) is 0 Å². The lowest BCUT2D eigenvalue weighted by Crippen LogP contribution is -2.02. The lowest BCUT2D eigenvalue weighted by molar-refractivity contribution is 0.570. The summed E-state index contributed by atoms with van der Waals surface area (Å²) in [6, 6.07) is 3.62. The Morgan fingerprint density at radius 3 is 2.43 bits per heavy atom. The number of benzene rings is 1. The van der Waals surface area contributed by atoms with E-state index < -0.39 is 20.5 Å². The summed E-state index contributed by atoms with van der Waals surface area (Å²) >= 11 is 5.53. The van der Waals surface area contributed by atoms with Crippen LogP contribution in [-0.2, 0) is 9.84 Å². The molecule has 1 aromatic carbocycles. The van der Waals surface area contributed by atoms with E-state index in [1.165, 1.54) is 0 Å². The number of hydrogen-bond acceptors (Lipinski definition) is 3. The summed E-state index contributed by atoms with van der Waals surface area (Å²) in [6.45, 7) is 0. The largest absolute Gasteiger partial charge is 0.224 e. The second-order valence-electron chi connectivity index (χ2n) is 2.65. The van der Waals surface area contributed by atoms with E-state index in [0.717, 1.165) is 18.4 Å². The van der Waals surface area contributed by atoms with Crippen LogP contribution in [0.25, 0.3) is 0 Å². The predicted octanol–water partition coefficient (Wildman–Crippen LogP) is 1.75. The zero-order valence-corrected chi connectivity index (χ0v) is 8.66. The molecule has 0 saturated heterocycles. The first kappa shape index (κ1) is 11.0. The number of sulfone groups is 1. The molecule has 6 heteroatoms. The van der Waals surface area contributed by atoms with E-state index in [1.807, 2.05) is 0 Å². The number of nitriles is 1. The van der Waals surface area contributed by atoms with Crippen molar-refractivity contribution in [2.75, 3.05) is 6.26 Å². The molecule has 0 aliphatic heterocycles. The topological polar surface area (TPSA) is 57.9 Å². The van der Waals surface area contributed by atoms with E-state index >= 15 is 0 Å². The highest BCUT2D eigenvalue weighted by Gasteiger charge is 2.18. The normalized spacial score (nSPS) is 11.0. The molecule has 0 aliphatic carbocycles. The van der Waals surface area contributed by atoms with Gasteiger partial charge in [-0.1, -0.05) is 11.6 Å². The van der Waals surface area contributed by atoms with Crippen LogP contribution in [0.15, 0.2) is 17.0 Å². The molecule has 0 N–H and O–H groups in total. The Morgan fingerprint density at radius 1 is 1.50 bits per heavy atom. The van der Waals surface area contributed by atoms with Gasteiger partial charge in [-0.3, -0.25) is 0 Å². The number of halogens is 2. The third kappa shape index (κ3) is 2.03. The molecule has 1 rings (SSSR count). The van der Waals surface area contributed by atoms with Crippen LogP contribution < -0.4 is 0 Å². The molecular formula is C8H5ClFNO2S. The van der Waals surface area contributed by atoms with E-state index in [0.29, 0.717) is 0 Å². The summed E-state index contributed by atoms with van der Waals surface area (Å²) in [7, 11) is -3.71. The average Bonchev–Trinajstić information content (AvgIpc) is 1.99. The van der Waals surface area contributed by atoms with Gasteiger partial charge in [-0.05, 0) is 12.1 Å². The van der Waals surface area contributed by atoms with Crippen LogP contribution in [0.4, 0.5) is 4.39 Å². The lowest BCUT2D eigenvalue weighted by Gasteiger charge is -2.03. The smallest absolute Gasteiger partial charge is 0.179 e. The molecule has 0 amide bonds. The summed E-state index contributed by atoms with van der Waals surface area (Å²) < 4.78 is 35.3. The van der Waals surface area contributed by atoms with Crippen molar-refractivity contribution in [3.63, 3.8) is 0 Å². The lowest BCUT2D eigenvalue weighted by atomic mass is 10.2. The monoisotopic (exact) mass is 233 g/mol. The van der Waals surface area contributed by atoms with E-state index in [2.05, 4.69) is 0 Å². The Bertz CT molecular complexity index is 496. The van der Waals surface area contributed by atoms with Crippen LogP contribution in [0.3, 0.4) is 0 Å². The molecule has 3 nitrogen and oxygen atoms in total. The average molecular weight is 234 g/mol. The minimum atomic E-state index is -3.71. The Hall–Kier alpha value is -1.12. The Morgan fingerprint density at radius 2 is 2.07 bits per heavy atom. The summed E-state index contributed by atoms with van der Waals surface area (Å²) in [5, 5.41) is 8.18. The van der Waals surface area contributed by atoms with Gasteiger partial charge in [-0.2, -0.15) is 5.26 Å². The van der Waals surface area contributed by atoms with Crippen molar-refractivity contribution in [2.24, 2.45) is 0 Å². The Labute approximate surface area is 85.6 Å². The fraction of sp³-hybridized carbons (Fsp3) is 0.125. The molecule has 0 fully saturated rings. The van der Waals surface area contributed by atoms with Gasteiger partial charge in [0.15, 0.2) is 9.84 Å². The van der Waals surface area contributed by atoms with Crippen LogP contribution in [-0.4, -0.2) is 14.7 Å². The van der Waals surface area contributed by atoms with Crippen molar-refractivity contribution in [1.82, 2.24) is 0 Å². The van der Waals surface area contributed by atoms with Gasteiger partial charge >= 0.3 is 0 Å². The summed E-state index contributed by atoms with van der Waals surface area (Å²) in [4.78, 5) is -0.571. The van der Waals surface area contributed by atoms with Crippen LogP contribution >= 0.6 is 11.6 Å². The van der Waals surface area contributed by atoms with E-state index in [-0.39, 0.29) is 10.6 Å². The van der Waals surface area contributed by atoms with E-state index in [1.54, 1.807) is 6.07 Å². The second kappa shape index (κ2) is 3.56. The number of rotatable bonds is 1. The highest BCUT2D eigenvalue weighted by molar-refractivity contribution is 7.90. The minimum Gasteiger partial charge on any atom is -0.224 e. The number of nitrogens with zero attached hydrogens (tertiary/aromatic N) is 1. The second-order valence-corrected chi connectivity index (χ2v) is 5.01. The van der Waals surface area contributed by atoms with Crippen molar-refractivity contribution >= 4 is 21.4 Å². The summed E-state index contributed by atoms with van der Waals surface area (Å²) in [5.74, 6) is -1.00. The summed E-state index contributed by atoms with van der Waals surface area (Å²) in [6.07, 6.45) is 0.851. The van der Waals surface area contributed by atoms with Gasteiger partial charge < -0.3 is 0 Å². The maximum atomic E-state index is 13.2. The summed E-state index contributed by atoms with van der Waals surface area (Å²) in [5.41, 5.74) is -0.0140. The van der Waals surface area contributed by atoms with Crippen LogP contribution in [0.2, 0.25) is 5.02 Å². The van der Waals surface area contributed by atoms with E-state index in [9.17, 15) is 12.8 Å². The predicted molar refractivity (Wildman–Crippen MR) is 49.2 cm³/mol. The van der Waals surface area contributed by atoms with Crippen molar-refractivity contribution in [3.05, 3.63) is 28.5 Å². The minimum absolute atomic E-state index is 0.0140. The molecule has 0 unspecified atom stereocenters. The molecular weight excluding hydrogens is 229 g/mol. The molecule has 0 bridgehead atoms. The number of hydrogen-bond donors (Lipinski definition) is 0. The molecule has 74 valence electrons. The fourth-order valence-electron chi connectivity index (χ4n) is 0.979. The zero-order chi connectivity index (χ0) is 10.9. The standard InChI is InChI=1S/C8H5ClFNO2S/c1-14(12,13)8-6(9)2-5(4-11)3-7(8)10/h2-3H,1H3. The third-order valence-electron chi connectivity index (χ3n) is 1.50. The van der Waals surface area contributed by atoms with Crippen molar-refractivity contribution in [3.8, 4) is 6.07 Å². The van der Waals surface area contributed by atoms with Gasteiger partial charge in [-0.25, -0.2) is 12.8 Å². The van der Waals surface area contributed by atoms with Crippen LogP contribution in [0.1, 0.15) is 5.56 Å². The molecule has 0 atom stereocenters. The SMILES string of the molecule is CS(=O)(=O)c1c(F)cc(C#N)cc1Cl. The van der Waals surface area contributed by atoms with Crippen molar-refractivity contribution in [1.29, 1.82) is 5.26 Å². The highest BCUT2D eigenvalue weighted by atomic mass is 35.5. The van der Waals surface area contributed by atoms with Crippen LogP contribution in [0, 0.1) is 17.1 Å². The molecule has 0 spiro atoms. The maximum Gasteiger partial charge on any atom is 0.179 e. The first-order valence-corrected chi connectivity index (χ1v) is 5.72. The first-order valence-electron chi connectivity index (χ1n) is 3.45. The van der Waals surface area contributed by atoms with Crippen molar-refractivity contribution in [2.45, 2.75) is 4.90 Å². The first-order chi connectivity index (χ1) is 6.36. The maximum absolute atomic E-state index is 13.2. The Balaban J connectivity index is 3.59. The van der Waals surface area contributed by atoms with Gasteiger partial charge in [0.25, 0.3) is 0 Å². The fourth-order valence-corrected chi connectivity index (χ4v) is 2.43. The molecule has 0 radical (unpaired) electrons. The molecule has 14 heavy (non-hydrogen) atoms. The third-order valence-corrected chi connectivity index (χ3v) is 3.06. The molecule has 1 aromatic rings. The Kier molecular flexibility index (Phi) is 2.79. The highest BCUT2D eigenvalue weighted by Crippen LogP contribution is 2.25. The molecule has 0 heterocycles.